The molecule has 1 aliphatic carbocycles. The minimum Gasteiger partial charge on any atom is -0.481 e. The Morgan fingerprint density at radius 1 is 1.62 bits per heavy atom. The maximum absolute atomic E-state index is 10.4. The number of aryl methyl sites for hydroxylation is 1. The largest absolute Gasteiger partial charge is 0.481 e. The SMILES string of the molecule is O=C(O)CSc1nncn1CCCC1CC1. The van der Waals surface area contributed by atoms with Crippen molar-refractivity contribution in [2.75, 3.05) is 5.75 Å². The molecule has 1 aromatic heterocycles. The second-order valence-electron chi connectivity index (χ2n) is 4.07. The zero-order valence-corrected chi connectivity index (χ0v) is 9.82. The molecule has 16 heavy (non-hydrogen) atoms. The second-order valence-corrected chi connectivity index (χ2v) is 5.02. The van der Waals surface area contributed by atoms with Crippen LogP contribution in [0, 0.1) is 5.92 Å². The van der Waals surface area contributed by atoms with Gasteiger partial charge in [-0.2, -0.15) is 0 Å². The number of thioether (sulfide) groups is 1. The van der Waals surface area contributed by atoms with E-state index in [1.165, 1.54) is 31.0 Å². The monoisotopic (exact) mass is 241 g/mol. The van der Waals surface area contributed by atoms with Gasteiger partial charge in [-0.25, -0.2) is 0 Å². The number of aliphatic carboxylic acids is 1. The highest BCUT2D eigenvalue weighted by Gasteiger charge is 2.20. The number of carbonyl (C=O) groups is 1. The van der Waals surface area contributed by atoms with Crippen molar-refractivity contribution in [1.29, 1.82) is 0 Å². The molecule has 5 nitrogen and oxygen atoms in total. The van der Waals surface area contributed by atoms with Crippen molar-refractivity contribution in [3.63, 3.8) is 0 Å². The van der Waals surface area contributed by atoms with E-state index in [2.05, 4.69) is 10.2 Å². The molecule has 0 bridgehead atoms. The van der Waals surface area contributed by atoms with Gasteiger partial charge in [0, 0.05) is 6.54 Å². The van der Waals surface area contributed by atoms with Crippen LogP contribution in [0.2, 0.25) is 0 Å². The van der Waals surface area contributed by atoms with Gasteiger partial charge in [0.25, 0.3) is 0 Å². The Morgan fingerprint density at radius 2 is 2.44 bits per heavy atom. The maximum atomic E-state index is 10.4. The van der Waals surface area contributed by atoms with Crippen LogP contribution in [0.3, 0.4) is 0 Å². The lowest BCUT2D eigenvalue weighted by Gasteiger charge is -2.04. The van der Waals surface area contributed by atoms with Crippen LogP contribution in [0.25, 0.3) is 0 Å². The van der Waals surface area contributed by atoms with Crippen LogP contribution in [0.1, 0.15) is 25.7 Å². The molecule has 1 N–H and O–H groups in total. The molecule has 0 unspecified atom stereocenters. The number of hydrogen-bond donors (Lipinski definition) is 1. The van der Waals surface area contributed by atoms with Gasteiger partial charge in [0.2, 0.25) is 0 Å². The first-order chi connectivity index (χ1) is 7.75. The lowest BCUT2D eigenvalue weighted by atomic mass is 10.2. The van der Waals surface area contributed by atoms with Gasteiger partial charge in [-0.1, -0.05) is 24.6 Å². The third-order valence-corrected chi connectivity index (χ3v) is 3.58. The van der Waals surface area contributed by atoms with E-state index in [1.807, 2.05) is 4.57 Å². The Balaban J connectivity index is 1.77. The van der Waals surface area contributed by atoms with Gasteiger partial charge >= 0.3 is 5.97 Å². The number of carboxylic acid groups (broad SMARTS) is 1. The normalized spacial score (nSPS) is 15.2. The first kappa shape index (κ1) is 11.4. The molecule has 0 atom stereocenters. The fourth-order valence-electron chi connectivity index (χ4n) is 1.59. The lowest BCUT2D eigenvalue weighted by molar-refractivity contribution is -0.133. The summed E-state index contributed by atoms with van der Waals surface area (Å²) in [4.78, 5) is 10.4. The van der Waals surface area contributed by atoms with E-state index in [1.54, 1.807) is 6.33 Å². The van der Waals surface area contributed by atoms with Crippen molar-refractivity contribution in [2.24, 2.45) is 5.92 Å². The van der Waals surface area contributed by atoms with Crippen LogP contribution in [0.15, 0.2) is 11.5 Å². The van der Waals surface area contributed by atoms with Gasteiger partial charge in [-0.15, -0.1) is 10.2 Å². The summed E-state index contributed by atoms with van der Waals surface area (Å²) < 4.78 is 1.94. The molecule has 0 radical (unpaired) electrons. The van der Waals surface area contributed by atoms with Gasteiger partial charge in [-0.05, 0) is 18.8 Å². The van der Waals surface area contributed by atoms with Crippen molar-refractivity contribution in [3.8, 4) is 0 Å². The fourth-order valence-corrected chi connectivity index (χ4v) is 2.25. The molecule has 0 aliphatic heterocycles. The predicted molar refractivity (Wildman–Crippen MR) is 60.3 cm³/mol. The average molecular weight is 241 g/mol. The van der Waals surface area contributed by atoms with E-state index in [4.69, 9.17) is 5.11 Å². The van der Waals surface area contributed by atoms with Gasteiger partial charge in [0.05, 0.1) is 5.75 Å². The number of carboxylic acids is 1. The van der Waals surface area contributed by atoms with Gasteiger partial charge in [0.1, 0.15) is 6.33 Å². The third kappa shape index (κ3) is 3.52. The Hall–Kier alpha value is -1.04. The highest BCUT2D eigenvalue weighted by atomic mass is 32.2. The summed E-state index contributed by atoms with van der Waals surface area (Å²) in [5.41, 5.74) is 0. The van der Waals surface area contributed by atoms with E-state index in [9.17, 15) is 4.79 Å². The quantitative estimate of drug-likeness (QED) is 0.735. The first-order valence-electron chi connectivity index (χ1n) is 5.48. The van der Waals surface area contributed by atoms with E-state index in [-0.39, 0.29) is 5.75 Å². The number of nitrogens with zero attached hydrogens (tertiary/aromatic N) is 3. The maximum Gasteiger partial charge on any atom is 0.313 e. The standard InChI is InChI=1S/C10H15N3O2S/c14-9(15)6-16-10-12-11-7-13(10)5-1-2-8-3-4-8/h7-8H,1-6H2,(H,14,15). The van der Waals surface area contributed by atoms with E-state index in [0.29, 0.717) is 5.16 Å². The first-order valence-corrected chi connectivity index (χ1v) is 6.46. The van der Waals surface area contributed by atoms with Gasteiger partial charge in [-0.3, -0.25) is 4.79 Å². The van der Waals surface area contributed by atoms with Crippen molar-refractivity contribution >= 4 is 17.7 Å². The van der Waals surface area contributed by atoms with Crippen LogP contribution >= 0.6 is 11.8 Å². The van der Waals surface area contributed by atoms with Crippen molar-refractivity contribution in [1.82, 2.24) is 14.8 Å². The smallest absolute Gasteiger partial charge is 0.313 e. The summed E-state index contributed by atoms with van der Waals surface area (Å²) in [5.74, 6) is 0.158. The van der Waals surface area contributed by atoms with E-state index >= 15 is 0 Å². The topological polar surface area (TPSA) is 68.0 Å². The minimum atomic E-state index is -0.822. The minimum absolute atomic E-state index is 0.0430. The Bertz CT molecular complexity index is 363. The van der Waals surface area contributed by atoms with Gasteiger partial charge in [0.15, 0.2) is 5.16 Å². The Morgan fingerprint density at radius 3 is 3.12 bits per heavy atom. The van der Waals surface area contributed by atoms with Gasteiger partial charge < -0.3 is 9.67 Å². The highest BCUT2D eigenvalue weighted by molar-refractivity contribution is 7.99. The Labute approximate surface area is 98.3 Å². The lowest BCUT2D eigenvalue weighted by Crippen LogP contribution is -2.03. The second kappa shape index (κ2) is 5.34. The van der Waals surface area contributed by atoms with E-state index < -0.39 is 5.97 Å². The van der Waals surface area contributed by atoms with Crippen LogP contribution in [-0.2, 0) is 11.3 Å². The number of hydrogen-bond acceptors (Lipinski definition) is 4. The molecule has 0 aromatic carbocycles. The average Bonchev–Trinajstić information content (AvgIpc) is 2.95. The summed E-state index contributed by atoms with van der Waals surface area (Å²) in [6.45, 7) is 0.894. The fraction of sp³-hybridized carbons (Fsp3) is 0.700. The van der Waals surface area contributed by atoms with Crippen molar-refractivity contribution < 1.29 is 9.90 Å². The molecule has 1 aliphatic rings. The highest BCUT2D eigenvalue weighted by Crippen LogP contribution is 2.33. The van der Waals surface area contributed by atoms with Crippen LogP contribution in [0.4, 0.5) is 0 Å². The summed E-state index contributed by atoms with van der Waals surface area (Å²) >= 11 is 1.23. The number of aromatic nitrogens is 3. The zero-order valence-electron chi connectivity index (χ0n) is 9.00. The summed E-state index contributed by atoms with van der Waals surface area (Å²) in [7, 11) is 0. The molecule has 0 saturated heterocycles. The molecule has 2 rings (SSSR count). The van der Waals surface area contributed by atoms with Crippen LogP contribution < -0.4 is 0 Å². The van der Waals surface area contributed by atoms with Crippen LogP contribution in [0.5, 0.6) is 0 Å². The molecule has 1 saturated carbocycles. The zero-order chi connectivity index (χ0) is 11.4. The third-order valence-electron chi connectivity index (χ3n) is 2.61. The molecule has 1 aromatic rings. The molecule has 1 heterocycles. The Kier molecular flexibility index (Phi) is 3.82. The molecular formula is C10H15N3O2S. The van der Waals surface area contributed by atoms with E-state index in [0.717, 1.165) is 18.9 Å². The molecule has 0 amide bonds. The molecule has 88 valence electrons. The molecular weight excluding hydrogens is 226 g/mol. The summed E-state index contributed by atoms with van der Waals surface area (Å²) in [5, 5.41) is 17.0. The molecule has 6 heteroatoms. The predicted octanol–water partition coefficient (Wildman–Crippen LogP) is 1.65. The molecule has 0 spiro atoms. The number of rotatable bonds is 7. The van der Waals surface area contributed by atoms with Crippen molar-refractivity contribution in [2.45, 2.75) is 37.4 Å². The summed E-state index contributed by atoms with van der Waals surface area (Å²) in [6, 6.07) is 0. The molecule has 1 fully saturated rings. The van der Waals surface area contributed by atoms with Crippen molar-refractivity contribution in [3.05, 3.63) is 6.33 Å². The summed E-state index contributed by atoms with van der Waals surface area (Å²) in [6.07, 6.45) is 6.83. The van der Waals surface area contributed by atoms with Crippen LogP contribution in [-0.4, -0.2) is 31.6 Å².